The molecule has 140 valence electrons. The quantitative estimate of drug-likeness (QED) is 0.601. The fourth-order valence-corrected chi connectivity index (χ4v) is 3.05. The number of rotatable bonds is 4. The summed E-state index contributed by atoms with van der Waals surface area (Å²) in [7, 11) is 0. The van der Waals surface area contributed by atoms with E-state index in [1.165, 1.54) is 17.3 Å². The average molecular weight is 402 g/mol. The normalized spacial score (nSPS) is 12.1. The Balaban J connectivity index is 1.99. The molecule has 0 saturated heterocycles. The minimum atomic E-state index is -4.49. The SMILES string of the molecule is CC(C)(C)c1ccc(SCC(=O)Nc2cc(C(F)(F)F)ccc2Cl)cc1. The lowest BCUT2D eigenvalue weighted by Gasteiger charge is -2.19. The molecule has 0 aliphatic carbocycles. The number of nitrogens with one attached hydrogen (secondary N) is 1. The second-order valence-electron chi connectivity index (χ2n) is 6.80. The third-order valence-electron chi connectivity index (χ3n) is 3.66. The predicted molar refractivity (Wildman–Crippen MR) is 101 cm³/mol. The van der Waals surface area contributed by atoms with E-state index >= 15 is 0 Å². The summed E-state index contributed by atoms with van der Waals surface area (Å²) in [5.41, 5.74) is 0.320. The number of carbonyl (C=O) groups excluding carboxylic acids is 1. The molecule has 0 atom stereocenters. The summed E-state index contributed by atoms with van der Waals surface area (Å²) in [5, 5.41) is 2.50. The van der Waals surface area contributed by atoms with Crippen LogP contribution in [0.15, 0.2) is 47.4 Å². The van der Waals surface area contributed by atoms with Crippen molar-refractivity contribution < 1.29 is 18.0 Å². The number of halogens is 4. The van der Waals surface area contributed by atoms with Crippen LogP contribution in [0.2, 0.25) is 5.02 Å². The second-order valence-corrected chi connectivity index (χ2v) is 8.26. The lowest BCUT2D eigenvalue weighted by molar-refractivity contribution is -0.137. The molecule has 1 amide bonds. The fourth-order valence-electron chi connectivity index (χ4n) is 2.18. The highest BCUT2D eigenvalue weighted by atomic mass is 35.5. The first kappa shape index (κ1) is 20.6. The van der Waals surface area contributed by atoms with Gasteiger partial charge in [0.05, 0.1) is 22.0 Å². The highest BCUT2D eigenvalue weighted by Gasteiger charge is 2.31. The zero-order valence-corrected chi connectivity index (χ0v) is 16.1. The van der Waals surface area contributed by atoms with Gasteiger partial charge in [-0.15, -0.1) is 11.8 Å². The largest absolute Gasteiger partial charge is 0.416 e. The topological polar surface area (TPSA) is 29.1 Å². The maximum atomic E-state index is 12.8. The molecular weight excluding hydrogens is 383 g/mol. The van der Waals surface area contributed by atoms with E-state index < -0.39 is 17.6 Å². The smallest absolute Gasteiger partial charge is 0.324 e. The van der Waals surface area contributed by atoms with Crippen molar-refractivity contribution in [1.82, 2.24) is 0 Å². The number of thioether (sulfide) groups is 1. The first-order valence-electron chi connectivity index (χ1n) is 7.87. The summed E-state index contributed by atoms with van der Waals surface area (Å²) in [6.45, 7) is 6.34. The van der Waals surface area contributed by atoms with Gasteiger partial charge in [-0.2, -0.15) is 13.2 Å². The van der Waals surface area contributed by atoms with Crippen LogP contribution >= 0.6 is 23.4 Å². The summed E-state index contributed by atoms with van der Waals surface area (Å²) < 4.78 is 38.3. The molecule has 2 rings (SSSR count). The molecule has 0 radical (unpaired) electrons. The number of hydrogen-bond acceptors (Lipinski definition) is 2. The first-order valence-corrected chi connectivity index (χ1v) is 9.23. The van der Waals surface area contributed by atoms with Crippen molar-refractivity contribution in [3.8, 4) is 0 Å². The van der Waals surface area contributed by atoms with Gasteiger partial charge < -0.3 is 5.32 Å². The Labute approximate surface area is 160 Å². The summed E-state index contributed by atoms with van der Waals surface area (Å²) in [6, 6.07) is 10.7. The Kier molecular flexibility index (Phi) is 6.29. The predicted octanol–water partition coefficient (Wildman–Crippen LogP) is 6.39. The van der Waals surface area contributed by atoms with Crippen LogP contribution in [0.5, 0.6) is 0 Å². The molecule has 0 bridgehead atoms. The van der Waals surface area contributed by atoms with Gasteiger partial charge in [0.15, 0.2) is 0 Å². The summed E-state index contributed by atoms with van der Waals surface area (Å²) in [6.07, 6.45) is -4.49. The van der Waals surface area contributed by atoms with E-state index in [2.05, 4.69) is 26.1 Å². The second kappa shape index (κ2) is 7.92. The van der Waals surface area contributed by atoms with E-state index in [0.29, 0.717) is 0 Å². The van der Waals surface area contributed by atoms with Gasteiger partial charge in [0.25, 0.3) is 0 Å². The Morgan fingerprint density at radius 3 is 2.15 bits per heavy atom. The maximum absolute atomic E-state index is 12.8. The highest BCUT2D eigenvalue weighted by Crippen LogP contribution is 2.34. The minimum Gasteiger partial charge on any atom is -0.324 e. The van der Waals surface area contributed by atoms with Gasteiger partial charge in [-0.25, -0.2) is 0 Å². The molecule has 2 nitrogen and oxygen atoms in total. The monoisotopic (exact) mass is 401 g/mol. The molecular formula is C19H19ClF3NOS. The van der Waals surface area contributed by atoms with E-state index in [1.54, 1.807) is 0 Å². The maximum Gasteiger partial charge on any atom is 0.416 e. The zero-order valence-electron chi connectivity index (χ0n) is 14.6. The number of carbonyl (C=O) groups is 1. The number of alkyl halides is 3. The Morgan fingerprint density at radius 2 is 1.62 bits per heavy atom. The van der Waals surface area contributed by atoms with Crippen molar-refractivity contribution in [2.24, 2.45) is 0 Å². The Hall–Kier alpha value is -1.66. The lowest BCUT2D eigenvalue weighted by atomic mass is 9.87. The van der Waals surface area contributed by atoms with Crippen molar-refractivity contribution in [1.29, 1.82) is 0 Å². The molecule has 2 aromatic carbocycles. The van der Waals surface area contributed by atoms with Crippen molar-refractivity contribution in [2.75, 3.05) is 11.1 Å². The van der Waals surface area contributed by atoms with Gasteiger partial charge in [0.1, 0.15) is 0 Å². The lowest BCUT2D eigenvalue weighted by Crippen LogP contribution is -2.15. The van der Waals surface area contributed by atoms with E-state index in [0.717, 1.165) is 23.1 Å². The molecule has 0 fully saturated rings. The van der Waals surface area contributed by atoms with Crippen molar-refractivity contribution in [2.45, 2.75) is 37.3 Å². The first-order chi connectivity index (χ1) is 12.0. The molecule has 0 unspecified atom stereocenters. The molecule has 0 aliphatic heterocycles. The van der Waals surface area contributed by atoms with E-state index in [4.69, 9.17) is 11.6 Å². The van der Waals surface area contributed by atoms with E-state index in [1.807, 2.05) is 24.3 Å². The van der Waals surface area contributed by atoms with Gasteiger partial charge in [-0.05, 0) is 41.3 Å². The fraction of sp³-hybridized carbons (Fsp3) is 0.316. The molecule has 0 heterocycles. The van der Waals surface area contributed by atoms with Crippen LogP contribution in [-0.4, -0.2) is 11.7 Å². The van der Waals surface area contributed by atoms with Gasteiger partial charge >= 0.3 is 6.18 Å². The molecule has 2 aromatic rings. The molecule has 1 N–H and O–H groups in total. The summed E-state index contributed by atoms with van der Waals surface area (Å²) in [5.74, 6) is -0.349. The average Bonchev–Trinajstić information content (AvgIpc) is 2.53. The number of anilines is 1. The van der Waals surface area contributed by atoms with Gasteiger partial charge in [0, 0.05) is 4.90 Å². The van der Waals surface area contributed by atoms with Crippen LogP contribution in [0.3, 0.4) is 0 Å². The zero-order chi connectivity index (χ0) is 19.5. The van der Waals surface area contributed by atoms with E-state index in [-0.39, 0.29) is 21.9 Å². The Morgan fingerprint density at radius 1 is 1.04 bits per heavy atom. The van der Waals surface area contributed by atoms with Crippen LogP contribution in [0.1, 0.15) is 31.9 Å². The molecule has 26 heavy (non-hydrogen) atoms. The van der Waals surface area contributed by atoms with E-state index in [9.17, 15) is 18.0 Å². The molecule has 0 aromatic heterocycles. The minimum absolute atomic E-state index is 0.0425. The number of benzene rings is 2. The third-order valence-corrected chi connectivity index (χ3v) is 5.00. The number of hydrogen-bond donors (Lipinski definition) is 1. The summed E-state index contributed by atoms with van der Waals surface area (Å²) in [4.78, 5) is 13.0. The van der Waals surface area contributed by atoms with Crippen LogP contribution in [0, 0.1) is 0 Å². The van der Waals surface area contributed by atoms with Gasteiger partial charge in [-0.3, -0.25) is 4.79 Å². The molecule has 7 heteroatoms. The van der Waals surface area contributed by atoms with Crippen LogP contribution in [0.4, 0.5) is 18.9 Å². The van der Waals surface area contributed by atoms with Crippen LogP contribution < -0.4 is 5.32 Å². The molecule has 0 spiro atoms. The highest BCUT2D eigenvalue weighted by molar-refractivity contribution is 8.00. The number of amides is 1. The third kappa shape index (κ3) is 5.68. The Bertz CT molecular complexity index is 783. The molecule has 0 saturated carbocycles. The van der Waals surface area contributed by atoms with Crippen LogP contribution in [0.25, 0.3) is 0 Å². The summed E-state index contributed by atoms with van der Waals surface area (Å²) >= 11 is 7.18. The van der Waals surface area contributed by atoms with Crippen molar-refractivity contribution >= 4 is 35.0 Å². The standard InChI is InChI=1S/C19H19ClF3NOS/c1-18(2,3)12-4-7-14(8-5-12)26-11-17(25)24-16-10-13(19(21,22)23)6-9-15(16)20/h4-10H,11H2,1-3H3,(H,24,25). The van der Waals surface area contributed by atoms with Gasteiger partial charge in [-0.1, -0.05) is 44.5 Å². The van der Waals surface area contributed by atoms with Gasteiger partial charge in [0.2, 0.25) is 5.91 Å². The molecule has 0 aliphatic rings. The van der Waals surface area contributed by atoms with Crippen molar-refractivity contribution in [3.63, 3.8) is 0 Å². The van der Waals surface area contributed by atoms with Crippen LogP contribution in [-0.2, 0) is 16.4 Å². The van der Waals surface area contributed by atoms with Crippen molar-refractivity contribution in [3.05, 3.63) is 58.6 Å².